The summed E-state index contributed by atoms with van der Waals surface area (Å²) in [6, 6.07) is 3.12. The van der Waals surface area contributed by atoms with E-state index in [9.17, 15) is 23.3 Å². The number of alkyl halides is 3. The van der Waals surface area contributed by atoms with Gasteiger partial charge in [-0.05, 0) is 33.8 Å². The summed E-state index contributed by atoms with van der Waals surface area (Å²) in [5.74, 6) is -0.498. The van der Waals surface area contributed by atoms with Crippen LogP contribution in [0.3, 0.4) is 0 Å². The van der Waals surface area contributed by atoms with Gasteiger partial charge in [-0.3, -0.25) is 0 Å². The van der Waals surface area contributed by atoms with Crippen LogP contribution in [0.15, 0.2) is 18.2 Å². The summed E-state index contributed by atoms with van der Waals surface area (Å²) in [7, 11) is -1.51. The van der Waals surface area contributed by atoms with Gasteiger partial charge in [-0.2, -0.15) is 0 Å². The van der Waals surface area contributed by atoms with Crippen LogP contribution in [-0.4, -0.2) is 34.8 Å². The quantitative estimate of drug-likeness (QED) is 0.564. The van der Waals surface area contributed by atoms with Gasteiger partial charge in [0.1, 0.15) is 5.75 Å². The summed E-state index contributed by atoms with van der Waals surface area (Å²) < 4.78 is 45.5. The zero-order valence-electron chi connectivity index (χ0n) is 12.7. The molecule has 1 aromatic carbocycles. The van der Waals surface area contributed by atoms with E-state index in [0.29, 0.717) is 0 Å². The van der Waals surface area contributed by atoms with Crippen LogP contribution in [0.1, 0.15) is 27.7 Å². The molecule has 0 unspecified atom stereocenters. The van der Waals surface area contributed by atoms with E-state index >= 15 is 0 Å². The van der Waals surface area contributed by atoms with Crippen LogP contribution in [0.5, 0.6) is 5.75 Å². The van der Waals surface area contributed by atoms with Gasteiger partial charge in [0.2, 0.25) is 0 Å². The number of ether oxygens (including phenoxy) is 1. The van der Waals surface area contributed by atoms with Gasteiger partial charge < -0.3 is 25.3 Å². The molecule has 1 rings (SSSR count). The first-order chi connectivity index (χ1) is 9.73. The summed E-state index contributed by atoms with van der Waals surface area (Å²) in [5.41, 5.74) is 3.18. The predicted octanol–water partition coefficient (Wildman–Crippen LogP) is 1.42. The highest BCUT2D eigenvalue weighted by Crippen LogP contribution is 2.27. The third kappa shape index (κ3) is 4.79. The Morgan fingerprint density at radius 2 is 1.68 bits per heavy atom. The average molecular weight is 321 g/mol. The molecule has 0 aromatic heterocycles. The van der Waals surface area contributed by atoms with Crippen LogP contribution < -0.4 is 15.9 Å². The van der Waals surface area contributed by atoms with Crippen molar-refractivity contribution in [2.45, 2.75) is 45.3 Å². The van der Waals surface area contributed by atoms with Crippen LogP contribution in [0.2, 0.25) is 0 Å². The molecule has 0 spiro atoms. The molecule has 22 heavy (non-hydrogen) atoms. The SMILES string of the molecule is CC(C)(O)C(C)(C)OB(O)c1ccc(OC(F)(F)F)cc1N. The number of aliphatic hydroxyl groups is 1. The topological polar surface area (TPSA) is 84.9 Å². The molecule has 0 aliphatic rings. The van der Waals surface area contributed by atoms with E-state index < -0.39 is 30.4 Å². The minimum absolute atomic E-state index is 0.0758. The highest BCUT2D eigenvalue weighted by molar-refractivity contribution is 6.61. The Bertz CT molecular complexity index is 529. The van der Waals surface area contributed by atoms with E-state index in [0.717, 1.165) is 12.1 Å². The lowest BCUT2D eigenvalue weighted by molar-refractivity contribution is -0.274. The normalized spacial score (nSPS) is 13.1. The molecule has 0 saturated heterocycles. The zero-order valence-corrected chi connectivity index (χ0v) is 12.7. The fourth-order valence-electron chi connectivity index (χ4n) is 1.46. The van der Waals surface area contributed by atoms with Crippen molar-refractivity contribution < 1.29 is 32.7 Å². The molecule has 4 N–H and O–H groups in total. The van der Waals surface area contributed by atoms with E-state index in [1.165, 1.54) is 19.9 Å². The van der Waals surface area contributed by atoms with Crippen molar-refractivity contribution in [1.82, 2.24) is 0 Å². The fourth-order valence-corrected chi connectivity index (χ4v) is 1.46. The van der Waals surface area contributed by atoms with Crippen LogP contribution in [0.4, 0.5) is 18.9 Å². The first-order valence-electron chi connectivity index (χ1n) is 6.46. The van der Waals surface area contributed by atoms with Crippen molar-refractivity contribution in [3.05, 3.63) is 18.2 Å². The molecule has 0 aliphatic carbocycles. The standard InChI is InChI=1S/C13H19BF3NO4/c1-11(2,19)12(3,4)22-14(20)9-6-5-8(7-10(9)18)21-13(15,16)17/h5-7,19-20H,18H2,1-4H3. The van der Waals surface area contributed by atoms with Crippen LogP contribution in [0.25, 0.3) is 0 Å². The Labute approximate surface area is 127 Å². The Hall–Kier alpha value is -1.45. The number of rotatable bonds is 5. The third-order valence-corrected chi connectivity index (χ3v) is 3.44. The molecule has 0 atom stereocenters. The second-order valence-electron chi connectivity index (χ2n) is 5.88. The number of nitrogens with two attached hydrogens (primary N) is 1. The van der Waals surface area contributed by atoms with Gasteiger partial charge in [-0.25, -0.2) is 0 Å². The Kier molecular flexibility index (Phi) is 5.06. The first-order valence-corrected chi connectivity index (χ1v) is 6.46. The number of hydrogen-bond donors (Lipinski definition) is 3. The number of hydrogen-bond acceptors (Lipinski definition) is 5. The van der Waals surface area contributed by atoms with Crippen LogP contribution in [-0.2, 0) is 4.65 Å². The van der Waals surface area contributed by atoms with E-state index in [1.807, 2.05) is 0 Å². The van der Waals surface area contributed by atoms with Crippen molar-refractivity contribution in [3.63, 3.8) is 0 Å². The number of anilines is 1. The van der Waals surface area contributed by atoms with E-state index in [-0.39, 0.29) is 11.2 Å². The molecule has 0 fully saturated rings. The molecule has 0 amide bonds. The lowest BCUT2D eigenvalue weighted by Gasteiger charge is -2.38. The maximum absolute atomic E-state index is 12.1. The Morgan fingerprint density at radius 1 is 1.14 bits per heavy atom. The predicted molar refractivity (Wildman–Crippen MR) is 76.6 cm³/mol. The van der Waals surface area contributed by atoms with Gasteiger partial charge in [0, 0.05) is 17.2 Å². The van der Waals surface area contributed by atoms with E-state index in [1.54, 1.807) is 13.8 Å². The molecule has 0 bridgehead atoms. The lowest BCUT2D eigenvalue weighted by Crippen LogP contribution is -2.53. The first kappa shape index (κ1) is 18.6. The Balaban J connectivity index is 2.94. The molecule has 0 radical (unpaired) electrons. The smallest absolute Gasteiger partial charge is 0.423 e. The minimum atomic E-state index is -4.83. The largest absolute Gasteiger partial charge is 0.573 e. The summed E-state index contributed by atoms with van der Waals surface area (Å²) in [6.45, 7) is 6.13. The van der Waals surface area contributed by atoms with Gasteiger partial charge in [0.15, 0.2) is 0 Å². The van der Waals surface area contributed by atoms with E-state index in [2.05, 4.69) is 4.74 Å². The molecule has 124 valence electrons. The highest BCUT2D eigenvalue weighted by atomic mass is 19.4. The number of halogens is 3. The monoisotopic (exact) mass is 321 g/mol. The van der Waals surface area contributed by atoms with Gasteiger partial charge in [-0.1, -0.05) is 6.07 Å². The van der Waals surface area contributed by atoms with Gasteiger partial charge in [-0.15, -0.1) is 13.2 Å². The van der Waals surface area contributed by atoms with Crippen molar-refractivity contribution in [1.29, 1.82) is 0 Å². The molecule has 5 nitrogen and oxygen atoms in total. The molecule has 0 saturated carbocycles. The van der Waals surface area contributed by atoms with Gasteiger partial charge in [0.25, 0.3) is 0 Å². The molecular formula is C13H19BF3NO4. The number of benzene rings is 1. The van der Waals surface area contributed by atoms with Crippen molar-refractivity contribution in [3.8, 4) is 5.75 Å². The second-order valence-corrected chi connectivity index (χ2v) is 5.88. The summed E-state index contributed by atoms with van der Waals surface area (Å²) in [5, 5.41) is 20.0. The summed E-state index contributed by atoms with van der Waals surface area (Å²) in [4.78, 5) is 0. The third-order valence-electron chi connectivity index (χ3n) is 3.44. The zero-order chi connectivity index (χ0) is 17.3. The number of nitrogen functional groups attached to an aromatic ring is 1. The van der Waals surface area contributed by atoms with Crippen LogP contribution in [0, 0.1) is 0 Å². The van der Waals surface area contributed by atoms with Gasteiger partial charge >= 0.3 is 13.5 Å². The van der Waals surface area contributed by atoms with Crippen molar-refractivity contribution >= 4 is 18.3 Å². The molecule has 9 heteroatoms. The minimum Gasteiger partial charge on any atom is -0.423 e. The van der Waals surface area contributed by atoms with E-state index in [4.69, 9.17) is 10.4 Å². The maximum atomic E-state index is 12.1. The summed E-state index contributed by atoms with van der Waals surface area (Å²) >= 11 is 0. The molecular weight excluding hydrogens is 302 g/mol. The van der Waals surface area contributed by atoms with Crippen molar-refractivity contribution in [2.24, 2.45) is 0 Å². The molecule has 0 heterocycles. The average Bonchev–Trinajstić information content (AvgIpc) is 2.23. The fraction of sp³-hybridized carbons (Fsp3) is 0.538. The highest BCUT2D eigenvalue weighted by Gasteiger charge is 2.40. The Morgan fingerprint density at radius 3 is 2.09 bits per heavy atom. The van der Waals surface area contributed by atoms with Crippen LogP contribution >= 0.6 is 0 Å². The lowest BCUT2D eigenvalue weighted by atomic mass is 9.75. The van der Waals surface area contributed by atoms with Crippen molar-refractivity contribution in [2.75, 3.05) is 5.73 Å². The summed E-state index contributed by atoms with van der Waals surface area (Å²) in [6.07, 6.45) is -4.83. The molecule has 0 aliphatic heterocycles. The molecule has 1 aromatic rings. The van der Waals surface area contributed by atoms with Gasteiger partial charge in [0.05, 0.1) is 11.2 Å². The maximum Gasteiger partial charge on any atom is 0.573 e. The second kappa shape index (κ2) is 5.98.